The van der Waals surface area contributed by atoms with E-state index in [1.807, 2.05) is 67.0 Å². The zero-order valence-electron chi connectivity index (χ0n) is 21.2. The van der Waals surface area contributed by atoms with Gasteiger partial charge in [-0.05, 0) is 49.6 Å². The number of hydrogen-bond donors (Lipinski definition) is 3. The Bertz CT molecular complexity index is 1620. The summed E-state index contributed by atoms with van der Waals surface area (Å²) < 4.78 is 9.19. The summed E-state index contributed by atoms with van der Waals surface area (Å²) in [6, 6.07) is 13.5. The Kier molecular flexibility index (Phi) is 6.30. The van der Waals surface area contributed by atoms with Gasteiger partial charge in [-0.1, -0.05) is 18.2 Å². The van der Waals surface area contributed by atoms with Gasteiger partial charge >= 0.3 is 0 Å². The molecule has 3 N–H and O–H groups in total. The lowest BCUT2D eigenvalue weighted by Gasteiger charge is -2.13. The van der Waals surface area contributed by atoms with Crippen molar-refractivity contribution >= 4 is 40.0 Å². The third kappa shape index (κ3) is 4.73. The van der Waals surface area contributed by atoms with Crippen LogP contribution in [0.4, 0.5) is 17.5 Å². The van der Waals surface area contributed by atoms with Crippen LogP contribution in [0.1, 0.15) is 29.9 Å². The fraction of sp³-hybridized carbons (Fsp3) is 0.308. The lowest BCUT2D eigenvalue weighted by atomic mass is 10.2. The van der Waals surface area contributed by atoms with Gasteiger partial charge in [0, 0.05) is 32.1 Å². The molecular weight excluding hydrogens is 484 g/mol. The highest BCUT2D eigenvalue weighted by atomic mass is 16.5. The third-order valence-corrected chi connectivity index (χ3v) is 6.52. The fourth-order valence-electron chi connectivity index (χ4n) is 4.66. The molecule has 38 heavy (non-hydrogen) atoms. The molecular formula is C26H28N10O2. The minimum atomic E-state index is -0.374. The molecule has 0 aliphatic carbocycles. The first-order chi connectivity index (χ1) is 18.5. The molecule has 5 heterocycles. The predicted molar refractivity (Wildman–Crippen MR) is 143 cm³/mol. The molecule has 1 amide bonds. The molecule has 12 heteroatoms. The van der Waals surface area contributed by atoms with Crippen molar-refractivity contribution in [1.82, 2.24) is 34.3 Å². The number of benzene rings is 1. The van der Waals surface area contributed by atoms with Gasteiger partial charge in [0.2, 0.25) is 5.95 Å². The summed E-state index contributed by atoms with van der Waals surface area (Å²) in [5.74, 6) is 1.77. The van der Waals surface area contributed by atoms with Gasteiger partial charge in [0.15, 0.2) is 17.3 Å². The maximum atomic E-state index is 12.4. The molecule has 1 atom stereocenters. The van der Waals surface area contributed by atoms with E-state index in [1.165, 1.54) is 0 Å². The quantitative estimate of drug-likeness (QED) is 0.286. The molecule has 12 nitrogen and oxygen atoms in total. The summed E-state index contributed by atoms with van der Waals surface area (Å²) in [4.78, 5) is 21.9. The lowest BCUT2D eigenvalue weighted by molar-refractivity contribution is -0.124. The molecule has 4 aromatic heterocycles. The van der Waals surface area contributed by atoms with Crippen molar-refractivity contribution in [3.8, 4) is 0 Å². The van der Waals surface area contributed by atoms with Gasteiger partial charge in [-0.15, -0.1) is 10.2 Å². The number of fused-ring (bicyclic) bond motifs is 2. The molecule has 6 rings (SSSR count). The monoisotopic (exact) mass is 512 g/mol. The van der Waals surface area contributed by atoms with Crippen LogP contribution in [0.5, 0.6) is 0 Å². The number of pyridine rings is 1. The van der Waals surface area contributed by atoms with Crippen LogP contribution in [0.2, 0.25) is 0 Å². The zero-order valence-corrected chi connectivity index (χ0v) is 21.2. The van der Waals surface area contributed by atoms with Gasteiger partial charge < -0.3 is 20.7 Å². The molecule has 0 radical (unpaired) electrons. The van der Waals surface area contributed by atoms with Crippen LogP contribution in [0.25, 0.3) is 16.7 Å². The number of anilines is 3. The van der Waals surface area contributed by atoms with Gasteiger partial charge in [-0.2, -0.15) is 10.1 Å². The van der Waals surface area contributed by atoms with Crippen LogP contribution in [0.15, 0.2) is 48.7 Å². The number of nitrogens with zero attached hydrogens (tertiary/aromatic N) is 7. The molecule has 1 aromatic carbocycles. The fourth-order valence-corrected chi connectivity index (χ4v) is 4.66. The Labute approximate surface area is 218 Å². The summed E-state index contributed by atoms with van der Waals surface area (Å²) in [5.41, 5.74) is 4.86. The number of aryl methyl sites for hydroxylation is 2. The SMILES string of the molecule is Cc1nn(C)c2c(NCc3nnc4ccccn34)nc(NCc3cccc(NC(=O)C4CCCO4)c3)nc12. The maximum absolute atomic E-state index is 12.4. The summed E-state index contributed by atoms with van der Waals surface area (Å²) in [5, 5.41) is 22.7. The molecule has 1 saturated heterocycles. The summed E-state index contributed by atoms with van der Waals surface area (Å²) in [6.45, 7) is 3.46. The number of carbonyl (C=O) groups excluding carboxylic acids is 1. The molecule has 0 spiro atoms. The van der Waals surface area contributed by atoms with E-state index in [-0.39, 0.29) is 12.0 Å². The minimum absolute atomic E-state index is 0.107. The summed E-state index contributed by atoms with van der Waals surface area (Å²) >= 11 is 0. The Morgan fingerprint density at radius 2 is 2.03 bits per heavy atom. The van der Waals surface area contributed by atoms with Crippen LogP contribution in [-0.4, -0.2) is 53.0 Å². The molecule has 194 valence electrons. The van der Waals surface area contributed by atoms with Crippen molar-refractivity contribution in [3.63, 3.8) is 0 Å². The first kappa shape index (κ1) is 23.8. The number of ether oxygens (including phenoxy) is 1. The van der Waals surface area contributed by atoms with Crippen molar-refractivity contribution in [2.24, 2.45) is 7.05 Å². The number of nitrogens with one attached hydrogen (secondary N) is 3. The number of hydrogen-bond acceptors (Lipinski definition) is 9. The van der Waals surface area contributed by atoms with E-state index in [9.17, 15) is 4.79 Å². The largest absolute Gasteiger partial charge is 0.368 e. The van der Waals surface area contributed by atoms with Gasteiger partial charge in [-0.25, -0.2) is 4.98 Å². The average Bonchev–Trinajstić information content (AvgIpc) is 3.66. The van der Waals surface area contributed by atoms with E-state index in [2.05, 4.69) is 31.2 Å². The third-order valence-electron chi connectivity index (χ3n) is 6.52. The van der Waals surface area contributed by atoms with E-state index in [4.69, 9.17) is 14.7 Å². The second-order valence-electron chi connectivity index (χ2n) is 9.25. The Balaban J connectivity index is 1.20. The van der Waals surface area contributed by atoms with Crippen molar-refractivity contribution < 1.29 is 9.53 Å². The van der Waals surface area contributed by atoms with E-state index >= 15 is 0 Å². The van der Waals surface area contributed by atoms with Crippen LogP contribution in [-0.2, 0) is 29.7 Å². The van der Waals surface area contributed by atoms with Gasteiger partial charge in [0.25, 0.3) is 5.91 Å². The Hall–Kier alpha value is -4.58. The van der Waals surface area contributed by atoms with Crippen molar-refractivity contribution in [2.45, 2.75) is 39.0 Å². The average molecular weight is 513 g/mol. The van der Waals surface area contributed by atoms with Crippen molar-refractivity contribution in [2.75, 3.05) is 22.6 Å². The molecule has 1 unspecified atom stereocenters. The van der Waals surface area contributed by atoms with E-state index in [1.54, 1.807) is 4.68 Å². The number of carbonyl (C=O) groups is 1. The van der Waals surface area contributed by atoms with Crippen LogP contribution in [0.3, 0.4) is 0 Å². The molecule has 5 aromatic rings. The van der Waals surface area contributed by atoms with Gasteiger partial charge in [0.1, 0.15) is 17.1 Å². The normalized spacial score (nSPS) is 15.3. The molecule has 0 saturated carbocycles. The molecule has 1 fully saturated rings. The van der Waals surface area contributed by atoms with E-state index in [0.29, 0.717) is 31.5 Å². The lowest BCUT2D eigenvalue weighted by Crippen LogP contribution is -2.26. The molecule has 0 bridgehead atoms. The highest BCUT2D eigenvalue weighted by Crippen LogP contribution is 2.25. The second-order valence-corrected chi connectivity index (χ2v) is 9.25. The zero-order chi connectivity index (χ0) is 26.1. The molecule has 1 aliphatic heterocycles. The van der Waals surface area contributed by atoms with Crippen molar-refractivity contribution in [3.05, 3.63) is 65.7 Å². The van der Waals surface area contributed by atoms with Gasteiger partial charge in [-0.3, -0.25) is 13.9 Å². The maximum Gasteiger partial charge on any atom is 0.253 e. The number of amides is 1. The minimum Gasteiger partial charge on any atom is -0.368 e. The summed E-state index contributed by atoms with van der Waals surface area (Å²) in [6.07, 6.45) is 3.22. The van der Waals surface area contributed by atoms with Crippen LogP contribution in [0, 0.1) is 6.92 Å². The molecule has 1 aliphatic rings. The van der Waals surface area contributed by atoms with E-state index < -0.39 is 0 Å². The van der Waals surface area contributed by atoms with Crippen LogP contribution < -0.4 is 16.0 Å². The highest BCUT2D eigenvalue weighted by Gasteiger charge is 2.23. The number of aromatic nitrogens is 7. The number of rotatable bonds is 8. The first-order valence-corrected chi connectivity index (χ1v) is 12.5. The van der Waals surface area contributed by atoms with E-state index in [0.717, 1.165) is 52.3 Å². The Morgan fingerprint density at radius 3 is 2.89 bits per heavy atom. The standard InChI is InChI=1S/C26H28N10O2/c1-16-22-23(35(2)34-16)24(27-15-21-33-32-20-10-3-4-11-36(20)21)31-26(30-22)28-14-17-7-5-8-18(13-17)29-25(37)19-9-6-12-38-19/h3-5,7-8,10-11,13,19H,6,9,12,14-15H2,1-2H3,(H,29,37)(H2,27,28,30,31). The first-order valence-electron chi connectivity index (χ1n) is 12.5. The topological polar surface area (TPSA) is 136 Å². The van der Waals surface area contributed by atoms with Gasteiger partial charge in [0.05, 0.1) is 12.2 Å². The van der Waals surface area contributed by atoms with Crippen molar-refractivity contribution in [1.29, 1.82) is 0 Å². The highest BCUT2D eigenvalue weighted by molar-refractivity contribution is 5.94. The summed E-state index contributed by atoms with van der Waals surface area (Å²) in [7, 11) is 1.87. The van der Waals surface area contributed by atoms with Crippen LogP contribution >= 0.6 is 0 Å². The Morgan fingerprint density at radius 1 is 1.11 bits per heavy atom. The predicted octanol–water partition coefficient (Wildman–Crippen LogP) is 3.06. The smallest absolute Gasteiger partial charge is 0.253 e. The second kappa shape index (κ2) is 10.1.